The van der Waals surface area contributed by atoms with E-state index in [1.165, 1.54) is 37.7 Å². The molecule has 0 unspecified atom stereocenters. The van der Waals surface area contributed by atoms with Crippen LogP contribution in [0.1, 0.15) is 55.7 Å². The van der Waals surface area contributed by atoms with Gasteiger partial charge in [-0.15, -0.1) is 0 Å². The van der Waals surface area contributed by atoms with Crippen LogP contribution in [0.15, 0.2) is 30.7 Å². The van der Waals surface area contributed by atoms with Crippen molar-refractivity contribution in [2.75, 3.05) is 6.61 Å². The Kier molecular flexibility index (Phi) is 4.93. The third-order valence-corrected chi connectivity index (χ3v) is 4.24. The lowest BCUT2D eigenvalue weighted by atomic mass is 9.84. The maximum absolute atomic E-state index is 5.88. The van der Waals surface area contributed by atoms with E-state index < -0.39 is 0 Å². The smallest absolute Gasteiger partial charge is 0.119 e. The van der Waals surface area contributed by atoms with Crippen molar-refractivity contribution in [3.63, 3.8) is 0 Å². The second-order valence-electron chi connectivity index (χ2n) is 5.83. The summed E-state index contributed by atoms with van der Waals surface area (Å²) < 4.78 is 5.88. The number of rotatable bonds is 6. The molecule has 1 saturated carbocycles. The third kappa shape index (κ3) is 4.10. The zero-order valence-corrected chi connectivity index (χ0v) is 12.5. The summed E-state index contributed by atoms with van der Waals surface area (Å²) in [5, 5.41) is 0. The highest BCUT2D eigenvalue weighted by atomic mass is 16.5. The van der Waals surface area contributed by atoms with Crippen LogP contribution < -0.4 is 4.74 Å². The molecule has 3 nitrogen and oxygen atoms in total. The predicted octanol–water partition coefficient (Wildman–Crippen LogP) is 4.27. The highest BCUT2D eigenvalue weighted by Crippen LogP contribution is 2.33. The number of H-pyrrole nitrogens is 1. The molecule has 1 aromatic carbocycles. The van der Waals surface area contributed by atoms with Crippen molar-refractivity contribution < 1.29 is 4.74 Å². The van der Waals surface area contributed by atoms with Crippen molar-refractivity contribution in [1.82, 2.24) is 9.97 Å². The van der Waals surface area contributed by atoms with Crippen LogP contribution in [0.5, 0.6) is 5.75 Å². The third-order valence-electron chi connectivity index (χ3n) is 4.24. The van der Waals surface area contributed by atoms with Crippen LogP contribution in [-0.4, -0.2) is 16.6 Å². The SMILES string of the molecule is [c]1ccc(OCCCc2c[nH]cn2)cc1C1CCCCC1. The monoisotopic (exact) mass is 283 g/mol. The molecule has 1 aliphatic rings. The first kappa shape index (κ1) is 14.2. The van der Waals surface area contributed by atoms with Gasteiger partial charge in [0.15, 0.2) is 0 Å². The maximum Gasteiger partial charge on any atom is 0.119 e. The van der Waals surface area contributed by atoms with E-state index in [4.69, 9.17) is 4.74 Å². The minimum absolute atomic E-state index is 0.686. The van der Waals surface area contributed by atoms with Gasteiger partial charge in [-0.1, -0.05) is 25.3 Å². The predicted molar refractivity (Wildman–Crippen MR) is 83.5 cm³/mol. The number of nitrogens with one attached hydrogen (secondary N) is 1. The van der Waals surface area contributed by atoms with Crippen molar-refractivity contribution in [2.45, 2.75) is 50.9 Å². The van der Waals surface area contributed by atoms with E-state index in [2.05, 4.69) is 22.1 Å². The van der Waals surface area contributed by atoms with E-state index in [0.29, 0.717) is 5.92 Å². The molecular formula is C18H23N2O. The van der Waals surface area contributed by atoms with Gasteiger partial charge in [0.2, 0.25) is 0 Å². The number of hydrogen-bond donors (Lipinski definition) is 1. The van der Waals surface area contributed by atoms with Crippen LogP contribution in [0.25, 0.3) is 0 Å². The summed E-state index contributed by atoms with van der Waals surface area (Å²) >= 11 is 0. The summed E-state index contributed by atoms with van der Waals surface area (Å²) in [5.74, 6) is 1.67. The Hall–Kier alpha value is -1.77. The maximum atomic E-state index is 5.88. The lowest BCUT2D eigenvalue weighted by Gasteiger charge is -2.22. The lowest BCUT2D eigenvalue weighted by Crippen LogP contribution is -2.05. The van der Waals surface area contributed by atoms with E-state index in [1.807, 2.05) is 18.3 Å². The summed E-state index contributed by atoms with van der Waals surface area (Å²) in [6, 6.07) is 9.60. The molecule has 0 saturated heterocycles. The van der Waals surface area contributed by atoms with Crippen LogP contribution in [0.2, 0.25) is 0 Å². The summed E-state index contributed by atoms with van der Waals surface area (Å²) in [6.45, 7) is 0.737. The number of imidazole rings is 1. The van der Waals surface area contributed by atoms with Crippen molar-refractivity contribution in [3.05, 3.63) is 48.0 Å². The molecule has 1 N–H and O–H groups in total. The molecule has 1 fully saturated rings. The fourth-order valence-electron chi connectivity index (χ4n) is 3.07. The average molecular weight is 283 g/mol. The first-order chi connectivity index (χ1) is 10.4. The van der Waals surface area contributed by atoms with Gasteiger partial charge in [0.25, 0.3) is 0 Å². The topological polar surface area (TPSA) is 37.9 Å². The summed E-state index contributed by atoms with van der Waals surface area (Å²) in [6.07, 6.45) is 12.3. The number of nitrogens with zero attached hydrogens (tertiary/aromatic N) is 1. The van der Waals surface area contributed by atoms with Crippen LogP contribution in [0.4, 0.5) is 0 Å². The van der Waals surface area contributed by atoms with E-state index in [1.54, 1.807) is 6.33 Å². The molecule has 1 aromatic heterocycles. The number of aromatic amines is 1. The zero-order valence-electron chi connectivity index (χ0n) is 12.5. The first-order valence-electron chi connectivity index (χ1n) is 8.04. The summed E-state index contributed by atoms with van der Waals surface area (Å²) in [4.78, 5) is 7.20. The molecule has 21 heavy (non-hydrogen) atoms. The second-order valence-corrected chi connectivity index (χ2v) is 5.83. The molecule has 1 radical (unpaired) electrons. The van der Waals surface area contributed by atoms with Crippen LogP contribution in [0, 0.1) is 6.07 Å². The number of hydrogen-bond acceptors (Lipinski definition) is 2. The quantitative estimate of drug-likeness (QED) is 0.804. The molecule has 0 aliphatic heterocycles. The van der Waals surface area contributed by atoms with Crippen molar-refractivity contribution >= 4 is 0 Å². The van der Waals surface area contributed by atoms with Crippen LogP contribution in [0.3, 0.4) is 0 Å². The van der Waals surface area contributed by atoms with E-state index in [9.17, 15) is 0 Å². The second kappa shape index (κ2) is 7.30. The Balaban J connectivity index is 1.48. The normalized spacial score (nSPS) is 16.0. The van der Waals surface area contributed by atoms with Crippen LogP contribution in [-0.2, 0) is 6.42 Å². The fourth-order valence-corrected chi connectivity index (χ4v) is 3.07. The Morgan fingerprint density at radius 1 is 1.29 bits per heavy atom. The average Bonchev–Trinajstić information content (AvgIpc) is 3.06. The molecule has 3 heteroatoms. The van der Waals surface area contributed by atoms with Crippen molar-refractivity contribution in [3.8, 4) is 5.75 Å². The zero-order chi connectivity index (χ0) is 14.3. The largest absolute Gasteiger partial charge is 0.494 e. The number of ether oxygens (including phenoxy) is 1. The van der Waals surface area contributed by atoms with E-state index in [-0.39, 0.29) is 0 Å². The van der Waals surface area contributed by atoms with Crippen LogP contribution >= 0.6 is 0 Å². The molecule has 1 heterocycles. The van der Waals surface area contributed by atoms with Gasteiger partial charge in [-0.2, -0.15) is 0 Å². The van der Waals surface area contributed by atoms with Crippen molar-refractivity contribution in [2.24, 2.45) is 0 Å². The number of aromatic nitrogens is 2. The fraction of sp³-hybridized carbons (Fsp3) is 0.500. The lowest BCUT2D eigenvalue weighted by molar-refractivity contribution is 0.309. The van der Waals surface area contributed by atoms with E-state index in [0.717, 1.165) is 30.9 Å². The summed E-state index contributed by atoms with van der Waals surface area (Å²) in [7, 11) is 0. The number of aryl methyl sites for hydroxylation is 1. The molecule has 1 aliphatic carbocycles. The van der Waals surface area contributed by atoms with Gasteiger partial charge in [0.1, 0.15) is 5.75 Å². The highest BCUT2D eigenvalue weighted by Gasteiger charge is 2.15. The Labute approximate surface area is 126 Å². The van der Waals surface area contributed by atoms with Gasteiger partial charge >= 0.3 is 0 Å². The standard InChI is InChI=1S/C18H23N2O/c1-2-6-15(7-3-1)16-8-4-10-18(12-16)21-11-5-9-17-13-19-14-20-17/h4,10,12-15H,1-3,5-7,9,11H2,(H,19,20). The minimum atomic E-state index is 0.686. The molecule has 0 spiro atoms. The Morgan fingerprint density at radius 3 is 3.00 bits per heavy atom. The molecule has 111 valence electrons. The molecule has 0 atom stereocenters. The first-order valence-corrected chi connectivity index (χ1v) is 8.04. The van der Waals surface area contributed by atoms with Gasteiger partial charge < -0.3 is 9.72 Å². The summed E-state index contributed by atoms with van der Waals surface area (Å²) in [5.41, 5.74) is 2.43. The molecule has 0 bridgehead atoms. The molecule has 2 aromatic rings. The molecular weight excluding hydrogens is 260 g/mol. The Morgan fingerprint density at radius 2 is 2.19 bits per heavy atom. The molecule has 3 rings (SSSR count). The van der Waals surface area contributed by atoms with E-state index >= 15 is 0 Å². The minimum Gasteiger partial charge on any atom is -0.494 e. The molecule has 0 amide bonds. The van der Waals surface area contributed by atoms with Crippen molar-refractivity contribution in [1.29, 1.82) is 0 Å². The van der Waals surface area contributed by atoms with Gasteiger partial charge in [0, 0.05) is 6.20 Å². The van der Waals surface area contributed by atoms with Gasteiger partial charge in [-0.05, 0) is 55.4 Å². The van der Waals surface area contributed by atoms with Gasteiger partial charge in [0.05, 0.1) is 18.6 Å². The Bertz CT molecular complexity index is 530. The van der Waals surface area contributed by atoms with Gasteiger partial charge in [-0.3, -0.25) is 0 Å². The number of benzene rings is 1. The highest BCUT2D eigenvalue weighted by molar-refractivity contribution is 5.30. The van der Waals surface area contributed by atoms with Gasteiger partial charge in [-0.25, -0.2) is 4.98 Å².